The van der Waals surface area contributed by atoms with Gasteiger partial charge in [0.2, 0.25) is 0 Å². The first-order chi connectivity index (χ1) is 10.7. The third kappa shape index (κ3) is 2.71. The molecule has 0 saturated heterocycles. The molecule has 0 amide bonds. The first kappa shape index (κ1) is 15.0. The van der Waals surface area contributed by atoms with Gasteiger partial charge in [-0.2, -0.15) is 0 Å². The van der Waals surface area contributed by atoms with Crippen LogP contribution < -0.4 is 0 Å². The fraction of sp³-hybridized carbons (Fsp3) is 0.250. The van der Waals surface area contributed by atoms with Crippen LogP contribution in [0, 0.1) is 6.92 Å². The second-order valence-electron chi connectivity index (χ2n) is 5.67. The molecule has 0 aliphatic carbocycles. The maximum Gasteiger partial charge on any atom is 0.164 e. The summed E-state index contributed by atoms with van der Waals surface area (Å²) in [5.74, 6) is 0.271. The van der Waals surface area contributed by atoms with E-state index in [1.807, 2.05) is 18.2 Å². The van der Waals surface area contributed by atoms with Gasteiger partial charge in [-0.05, 0) is 47.5 Å². The Labute approximate surface area is 135 Å². The van der Waals surface area contributed by atoms with Gasteiger partial charge < -0.3 is 0 Å². The summed E-state index contributed by atoms with van der Waals surface area (Å²) in [6.07, 6.45) is 2.63. The molecule has 0 spiro atoms. The Balaban J connectivity index is 2.25. The van der Waals surface area contributed by atoms with E-state index < -0.39 is 0 Å². The number of aryl methyl sites for hydroxylation is 1. The number of ketones is 1. The molecule has 1 nitrogen and oxygen atoms in total. The second-order valence-corrected chi connectivity index (χ2v) is 6.62. The number of hydrogen-bond donors (Lipinski definition) is 0. The van der Waals surface area contributed by atoms with E-state index in [9.17, 15) is 4.79 Å². The number of unbranched alkanes of at least 4 members (excludes halogenated alkanes) is 1. The first-order valence-electron chi connectivity index (χ1n) is 7.81. The SMILES string of the molecule is CCCCC(=O)c1c(-c2ccccc2)c(C)cc2sccc12. The zero-order chi connectivity index (χ0) is 15.5. The van der Waals surface area contributed by atoms with Gasteiger partial charge >= 0.3 is 0 Å². The van der Waals surface area contributed by atoms with Gasteiger partial charge in [0.1, 0.15) is 0 Å². The van der Waals surface area contributed by atoms with Crippen molar-refractivity contribution in [3.63, 3.8) is 0 Å². The lowest BCUT2D eigenvalue weighted by Crippen LogP contribution is -2.04. The minimum atomic E-state index is 0.271. The van der Waals surface area contributed by atoms with E-state index in [4.69, 9.17) is 0 Å². The Morgan fingerprint density at radius 3 is 2.64 bits per heavy atom. The number of carbonyl (C=O) groups is 1. The van der Waals surface area contributed by atoms with Crippen LogP contribution >= 0.6 is 11.3 Å². The van der Waals surface area contributed by atoms with Crippen LogP contribution in [0.1, 0.15) is 42.1 Å². The van der Waals surface area contributed by atoms with Gasteiger partial charge in [-0.15, -0.1) is 11.3 Å². The van der Waals surface area contributed by atoms with Crippen molar-refractivity contribution in [3.8, 4) is 11.1 Å². The molecule has 1 heterocycles. The molecule has 22 heavy (non-hydrogen) atoms. The second kappa shape index (κ2) is 6.45. The van der Waals surface area contributed by atoms with E-state index in [0.717, 1.165) is 34.9 Å². The highest BCUT2D eigenvalue weighted by Gasteiger charge is 2.19. The number of hydrogen-bond acceptors (Lipinski definition) is 2. The van der Waals surface area contributed by atoms with Crippen LogP contribution in [0.25, 0.3) is 21.2 Å². The maximum atomic E-state index is 12.9. The highest BCUT2D eigenvalue weighted by Crippen LogP contribution is 2.36. The van der Waals surface area contributed by atoms with E-state index in [2.05, 4.69) is 43.5 Å². The van der Waals surface area contributed by atoms with Crippen LogP contribution in [0.2, 0.25) is 0 Å². The summed E-state index contributed by atoms with van der Waals surface area (Å²) in [5, 5.41) is 3.19. The largest absolute Gasteiger partial charge is 0.294 e. The molecule has 112 valence electrons. The predicted octanol–water partition coefficient (Wildman–Crippen LogP) is 6.25. The van der Waals surface area contributed by atoms with Crippen LogP contribution in [0.3, 0.4) is 0 Å². The van der Waals surface area contributed by atoms with Crippen molar-refractivity contribution in [2.75, 3.05) is 0 Å². The van der Waals surface area contributed by atoms with Crippen LogP contribution in [0.4, 0.5) is 0 Å². The van der Waals surface area contributed by atoms with Crippen molar-refractivity contribution >= 4 is 27.2 Å². The smallest absolute Gasteiger partial charge is 0.164 e. The van der Waals surface area contributed by atoms with Gasteiger partial charge in [-0.3, -0.25) is 4.79 Å². The number of Topliss-reactive ketones (excluding diaryl/α,β-unsaturated/α-hetero) is 1. The lowest BCUT2D eigenvalue weighted by Gasteiger charge is -2.14. The molecular formula is C20H20OS. The third-order valence-electron chi connectivity index (χ3n) is 4.06. The Bertz CT molecular complexity index is 799. The molecule has 0 unspecified atom stereocenters. The van der Waals surface area contributed by atoms with Crippen LogP contribution in [0.5, 0.6) is 0 Å². The molecule has 0 radical (unpaired) electrons. The molecule has 0 aliphatic heterocycles. The Kier molecular flexibility index (Phi) is 4.39. The molecule has 0 atom stereocenters. The van der Waals surface area contributed by atoms with Crippen molar-refractivity contribution in [2.24, 2.45) is 0 Å². The molecule has 0 fully saturated rings. The minimum absolute atomic E-state index is 0.271. The molecule has 0 aliphatic rings. The topological polar surface area (TPSA) is 17.1 Å². The van der Waals surface area contributed by atoms with Crippen molar-refractivity contribution in [1.29, 1.82) is 0 Å². The summed E-state index contributed by atoms with van der Waals surface area (Å²) in [4.78, 5) is 12.9. The fourth-order valence-corrected chi connectivity index (χ4v) is 3.86. The van der Waals surface area contributed by atoms with Crippen molar-refractivity contribution in [3.05, 3.63) is 59.0 Å². The number of benzene rings is 2. The predicted molar refractivity (Wildman–Crippen MR) is 95.9 cm³/mol. The lowest BCUT2D eigenvalue weighted by atomic mass is 9.89. The molecule has 1 aromatic heterocycles. The van der Waals surface area contributed by atoms with Gasteiger partial charge in [-0.25, -0.2) is 0 Å². The average Bonchev–Trinajstić information content (AvgIpc) is 2.99. The Morgan fingerprint density at radius 2 is 1.91 bits per heavy atom. The molecule has 2 heteroatoms. The standard InChI is InChI=1S/C20H20OS/c1-3-4-10-17(21)20-16-11-12-22-18(16)13-14(2)19(20)15-8-6-5-7-9-15/h5-9,11-13H,3-4,10H2,1-2H3. The number of fused-ring (bicyclic) bond motifs is 1. The minimum Gasteiger partial charge on any atom is -0.294 e. The zero-order valence-electron chi connectivity index (χ0n) is 13.1. The summed E-state index contributed by atoms with van der Waals surface area (Å²) in [6, 6.07) is 14.6. The quantitative estimate of drug-likeness (QED) is 0.509. The van der Waals surface area contributed by atoms with E-state index in [1.165, 1.54) is 10.3 Å². The molecule has 2 aromatic carbocycles. The fourth-order valence-electron chi connectivity index (χ4n) is 2.97. The summed E-state index contributed by atoms with van der Waals surface area (Å²) in [7, 11) is 0. The average molecular weight is 308 g/mol. The third-order valence-corrected chi connectivity index (χ3v) is 4.92. The van der Waals surface area contributed by atoms with Crippen LogP contribution in [-0.2, 0) is 0 Å². The molecule has 3 aromatic rings. The van der Waals surface area contributed by atoms with E-state index >= 15 is 0 Å². The molecular weight excluding hydrogens is 288 g/mol. The first-order valence-corrected chi connectivity index (χ1v) is 8.69. The molecule has 0 saturated carbocycles. The van der Waals surface area contributed by atoms with E-state index in [0.29, 0.717) is 6.42 Å². The highest BCUT2D eigenvalue weighted by molar-refractivity contribution is 7.17. The van der Waals surface area contributed by atoms with Gasteiger partial charge in [0.15, 0.2) is 5.78 Å². The highest BCUT2D eigenvalue weighted by atomic mass is 32.1. The monoisotopic (exact) mass is 308 g/mol. The molecule has 0 N–H and O–H groups in total. The van der Waals surface area contributed by atoms with E-state index in [1.54, 1.807) is 11.3 Å². The van der Waals surface area contributed by atoms with Gasteiger partial charge in [0.25, 0.3) is 0 Å². The molecule has 0 bridgehead atoms. The summed E-state index contributed by atoms with van der Waals surface area (Å²) >= 11 is 1.71. The normalized spacial score (nSPS) is 11.0. The van der Waals surface area contributed by atoms with Crippen molar-refractivity contribution in [2.45, 2.75) is 33.1 Å². The van der Waals surface area contributed by atoms with Crippen LogP contribution in [0.15, 0.2) is 47.8 Å². The maximum absolute atomic E-state index is 12.9. The van der Waals surface area contributed by atoms with Crippen molar-refractivity contribution in [1.82, 2.24) is 0 Å². The lowest BCUT2D eigenvalue weighted by molar-refractivity contribution is 0.0982. The van der Waals surface area contributed by atoms with Crippen LogP contribution in [-0.4, -0.2) is 5.78 Å². The Hall–Kier alpha value is -1.93. The van der Waals surface area contributed by atoms with Gasteiger partial charge in [-0.1, -0.05) is 43.7 Å². The zero-order valence-corrected chi connectivity index (χ0v) is 13.9. The summed E-state index contributed by atoms with van der Waals surface area (Å²) < 4.78 is 1.21. The number of carbonyl (C=O) groups excluding carboxylic acids is 1. The molecule has 3 rings (SSSR count). The number of rotatable bonds is 5. The Morgan fingerprint density at radius 1 is 1.14 bits per heavy atom. The summed E-state index contributed by atoms with van der Waals surface area (Å²) in [5.41, 5.74) is 4.33. The number of thiophene rings is 1. The summed E-state index contributed by atoms with van der Waals surface area (Å²) in [6.45, 7) is 4.24. The van der Waals surface area contributed by atoms with Gasteiger partial charge in [0.05, 0.1) is 0 Å². The van der Waals surface area contributed by atoms with E-state index in [-0.39, 0.29) is 5.78 Å². The van der Waals surface area contributed by atoms with Crippen molar-refractivity contribution < 1.29 is 4.79 Å². The van der Waals surface area contributed by atoms with Gasteiger partial charge in [0, 0.05) is 22.1 Å².